The number of ether oxygens (including phenoxy) is 1. The second-order valence-electron chi connectivity index (χ2n) is 7.79. The van der Waals surface area contributed by atoms with Crippen molar-refractivity contribution in [3.05, 3.63) is 23.9 Å². The van der Waals surface area contributed by atoms with Gasteiger partial charge in [0.1, 0.15) is 5.82 Å². The third kappa shape index (κ3) is 3.09. The molecule has 5 rings (SSSR count). The lowest BCUT2D eigenvalue weighted by Crippen LogP contribution is -2.53. The lowest BCUT2D eigenvalue weighted by molar-refractivity contribution is -0.0714. The summed E-state index contributed by atoms with van der Waals surface area (Å²) >= 11 is -0.0894. The number of alkyl halides is 3. The normalized spacial score (nSPS) is 28.8. The number of nitrogens with zero attached hydrogens (tertiary/aromatic N) is 3. The van der Waals surface area contributed by atoms with E-state index in [1.807, 2.05) is 6.07 Å². The Balaban J connectivity index is 1.38. The number of rotatable bonds is 4. The minimum atomic E-state index is -4.32. The molecule has 2 atom stereocenters. The second-order valence-corrected chi connectivity index (χ2v) is 8.86. The maximum atomic E-state index is 12.9. The van der Waals surface area contributed by atoms with E-state index in [9.17, 15) is 13.2 Å². The number of piperidine rings is 1. The molecular weight excluding hydrogens is 377 g/mol. The topological polar surface area (TPSA) is 41.8 Å². The highest BCUT2D eigenvalue weighted by Gasteiger charge is 2.57. The highest BCUT2D eigenvalue weighted by atomic mass is 32.2. The van der Waals surface area contributed by atoms with Gasteiger partial charge in [-0.05, 0) is 49.6 Å². The summed E-state index contributed by atoms with van der Waals surface area (Å²) in [6.45, 7) is 5.38. The molecule has 2 aromatic heterocycles. The quantitative estimate of drug-likeness (QED) is 0.798. The molecule has 2 aliphatic heterocycles. The number of fused-ring (bicyclic) bond motifs is 2. The fourth-order valence-corrected chi connectivity index (χ4v) is 5.06. The number of aromatic nitrogens is 2. The first-order valence-electron chi connectivity index (χ1n) is 9.19. The maximum absolute atomic E-state index is 12.9. The highest BCUT2D eigenvalue weighted by Crippen LogP contribution is 2.52. The van der Waals surface area contributed by atoms with Crippen LogP contribution in [0.15, 0.2) is 23.1 Å². The van der Waals surface area contributed by atoms with Crippen LogP contribution in [0.4, 0.5) is 19.0 Å². The fourth-order valence-electron chi connectivity index (χ4n) is 4.38. The molecule has 0 bridgehead atoms. The van der Waals surface area contributed by atoms with Crippen molar-refractivity contribution < 1.29 is 17.9 Å². The highest BCUT2D eigenvalue weighted by molar-refractivity contribution is 8.00. The number of aryl methyl sites for hydroxylation is 1. The van der Waals surface area contributed by atoms with Gasteiger partial charge in [-0.3, -0.25) is 4.90 Å². The van der Waals surface area contributed by atoms with Gasteiger partial charge in [-0.25, -0.2) is 4.52 Å². The van der Waals surface area contributed by atoms with Gasteiger partial charge in [0, 0.05) is 18.6 Å². The molecule has 1 saturated carbocycles. The zero-order chi connectivity index (χ0) is 18.8. The van der Waals surface area contributed by atoms with Crippen molar-refractivity contribution in [2.45, 2.75) is 41.7 Å². The van der Waals surface area contributed by atoms with E-state index in [1.165, 1.54) is 0 Å². The van der Waals surface area contributed by atoms with E-state index >= 15 is 0 Å². The smallest absolute Gasteiger partial charge is 0.378 e. The minimum Gasteiger partial charge on any atom is -0.378 e. The third-order valence-electron chi connectivity index (χ3n) is 6.04. The molecule has 9 heteroatoms. The summed E-state index contributed by atoms with van der Waals surface area (Å²) in [5.74, 6) is 1.34. The molecular formula is C18H21F3N4OS. The number of hydrogen-bond donors (Lipinski definition) is 1. The van der Waals surface area contributed by atoms with Crippen LogP contribution in [-0.4, -0.2) is 57.9 Å². The molecule has 2 unspecified atom stereocenters. The molecule has 1 N–H and O–H groups in total. The predicted octanol–water partition coefficient (Wildman–Crippen LogP) is 3.53. The Hall–Kier alpha value is -1.45. The Morgan fingerprint density at radius 1 is 1.33 bits per heavy atom. The predicted molar refractivity (Wildman–Crippen MR) is 97.1 cm³/mol. The zero-order valence-electron chi connectivity index (χ0n) is 14.9. The van der Waals surface area contributed by atoms with E-state index in [0.29, 0.717) is 23.2 Å². The monoisotopic (exact) mass is 398 g/mol. The zero-order valence-corrected chi connectivity index (χ0v) is 15.7. The second kappa shape index (κ2) is 6.02. The Morgan fingerprint density at radius 2 is 2.15 bits per heavy atom. The maximum Gasteiger partial charge on any atom is 0.446 e. The van der Waals surface area contributed by atoms with Crippen LogP contribution in [0.2, 0.25) is 0 Å². The van der Waals surface area contributed by atoms with E-state index in [1.54, 1.807) is 23.6 Å². The number of pyridine rings is 1. The van der Waals surface area contributed by atoms with E-state index in [2.05, 4.69) is 15.3 Å². The molecule has 5 nitrogen and oxygen atoms in total. The molecule has 0 spiro atoms. The van der Waals surface area contributed by atoms with Crippen molar-refractivity contribution in [2.75, 3.05) is 31.6 Å². The van der Waals surface area contributed by atoms with Crippen LogP contribution in [0.5, 0.6) is 0 Å². The molecule has 3 fully saturated rings. The number of hydrogen-bond acceptors (Lipinski definition) is 5. The van der Waals surface area contributed by atoms with Crippen LogP contribution in [0.3, 0.4) is 0 Å². The standard InChI is InChI=1S/C18H21F3N4OS/c1-11-16(27-18(19,20)21)14-3-2-4-15(25(14)23-11)22-17-5-6-24(8-12(17)7-17)13-9-26-10-13/h2-4,12-13,22H,5-10H2,1H3. The van der Waals surface area contributed by atoms with Gasteiger partial charge in [-0.1, -0.05) is 6.07 Å². The molecule has 0 radical (unpaired) electrons. The summed E-state index contributed by atoms with van der Waals surface area (Å²) in [5.41, 5.74) is -3.38. The van der Waals surface area contributed by atoms with Crippen LogP contribution in [-0.2, 0) is 4.74 Å². The molecule has 2 saturated heterocycles. The largest absolute Gasteiger partial charge is 0.446 e. The van der Waals surface area contributed by atoms with Gasteiger partial charge in [0.25, 0.3) is 0 Å². The summed E-state index contributed by atoms with van der Waals surface area (Å²) in [6.07, 6.45) is 2.13. The Labute approximate surface area is 159 Å². The van der Waals surface area contributed by atoms with Gasteiger partial charge in [0.05, 0.1) is 35.4 Å². The van der Waals surface area contributed by atoms with Gasteiger partial charge in [-0.15, -0.1) is 0 Å². The summed E-state index contributed by atoms with van der Waals surface area (Å²) in [5, 5.41) is 8.01. The molecule has 27 heavy (non-hydrogen) atoms. The number of anilines is 1. The van der Waals surface area contributed by atoms with Crippen LogP contribution in [0.25, 0.3) is 5.52 Å². The van der Waals surface area contributed by atoms with E-state index < -0.39 is 5.51 Å². The molecule has 146 valence electrons. The van der Waals surface area contributed by atoms with Gasteiger partial charge in [-0.2, -0.15) is 18.3 Å². The van der Waals surface area contributed by atoms with Gasteiger partial charge < -0.3 is 10.1 Å². The van der Waals surface area contributed by atoms with Crippen molar-refractivity contribution in [2.24, 2.45) is 5.92 Å². The first-order valence-corrected chi connectivity index (χ1v) is 10.0. The first-order chi connectivity index (χ1) is 12.8. The Morgan fingerprint density at radius 3 is 2.81 bits per heavy atom. The molecule has 4 heterocycles. The number of nitrogens with one attached hydrogen (secondary N) is 1. The summed E-state index contributed by atoms with van der Waals surface area (Å²) in [6, 6.07) is 5.95. The van der Waals surface area contributed by atoms with E-state index in [-0.39, 0.29) is 22.2 Å². The van der Waals surface area contributed by atoms with Crippen LogP contribution in [0.1, 0.15) is 18.5 Å². The van der Waals surface area contributed by atoms with Crippen molar-refractivity contribution in [1.29, 1.82) is 0 Å². The SMILES string of the molecule is Cc1nn2c(NC34CCN(C5COC5)CC3C4)cccc2c1SC(F)(F)F. The molecule has 1 aliphatic carbocycles. The van der Waals surface area contributed by atoms with Crippen molar-refractivity contribution in [1.82, 2.24) is 14.5 Å². The summed E-state index contributed by atoms with van der Waals surface area (Å²) in [7, 11) is 0. The van der Waals surface area contributed by atoms with Crippen LogP contribution >= 0.6 is 11.8 Å². The fraction of sp³-hybridized carbons (Fsp3) is 0.611. The van der Waals surface area contributed by atoms with Gasteiger partial charge in [0.15, 0.2) is 0 Å². The Kier molecular flexibility index (Phi) is 3.93. The molecule has 0 aromatic carbocycles. The van der Waals surface area contributed by atoms with Crippen molar-refractivity contribution in [3.8, 4) is 0 Å². The number of thioether (sulfide) groups is 1. The summed E-state index contributed by atoms with van der Waals surface area (Å²) < 4.78 is 45.6. The number of halogens is 3. The minimum absolute atomic E-state index is 0.0482. The lowest BCUT2D eigenvalue weighted by atomic mass is 10.0. The lowest BCUT2D eigenvalue weighted by Gasteiger charge is -2.41. The van der Waals surface area contributed by atoms with Crippen molar-refractivity contribution >= 4 is 23.1 Å². The van der Waals surface area contributed by atoms with Gasteiger partial charge >= 0.3 is 5.51 Å². The average molecular weight is 398 g/mol. The third-order valence-corrected chi connectivity index (χ3v) is 6.98. The van der Waals surface area contributed by atoms with Crippen LogP contribution in [0, 0.1) is 12.8 Å². The molecule has 0 amide bonds. The number of likely N-dealkylation sites (tertiary alicyclic amines) is 1. The van der Waals surface area contributed by atoms with Gasteiger partial charge in [0.2, 0.25) is 0 Å². The van der Waals surface area contributed by atoms with E-state index in [4.69, 9.17) is 4.74 Å². The first kappa shape index (κ1) is 17.6. The molecule has 3 aliphatic rings. The average Bonchev–Trinajstić information content (AvgIpc) is 3.16. The van der Waals surface area contributed by atoms with Crippen molar-refractivity contribution in [3.63, 3.8) is 0 Å². The van der Waals surface area contributed by atoms with Crippen LogP contribution < -0.4 is 5.32 Å². The Bertz CT molecular complexity index is 881. The van der Waals surface area contributed by atoms with E-state index in [0.717, 1.165) is 45.0 Å². The molecule has 2 aromatic rings. The summed E-state index contributed by atoms with van der Waals surface area (Å²) in [4.78, 5) is 2.69.